The van der Waals surface area contributed by atoms with Crippen LogP contribution in [0.5, 0.6) is 11.6 Å². The van der Waals surface area contributed by atoms with Crippen molar-refractivity contribution in [2.75, 3.05) is 18.4 Å². The van der Waals surface area contributed by atoms with E-state index in [4.69, 9.17) is 21.1 Å². The van der Waals surface area contributed by atoms with Crippen molar-refractivity contribution in [3.63, 3.8) is 0 Å². The number of benzene rings is 1. The summed E-state index contributed by atoms with van der Waals surface area (Å²) >= 11 is 5.96. The minimum Gasteiger partial charge on any atom is -0.444 e. The first kappa shape index (κ1) is 19.7. The number of ether oxygens (including phenoxy) is 2. The van der Waals surface area contributed by atoms with E-state index >= 15 is 0 Å². The summed E-state index contributed by atoms with van der Waals surface area (Å²) in [6.07, 6.45) is -0.508. The predicted octanol–water partition coefficient (Wildman–Crippen LogP) is 4.00. The second-order valence-electron chi connectivity index (χ2n) is 6.26. The molecular weight excluding hydrogens is 363 g/mol. The number of hydrogen-bond acceptors (Lipinski definition) is 6. The molecule has 1 aromatic carbocycles. The third-order valence-electron chi connectivity index (χ3n) is 2.78. The average Bonchev–Trinajstić information content (AvgIpc) is 2.52. The highest BCUT2D eigenvalue weighted by Gasteiger charge is 2.15. The van der Waals surface area contributed by atoms with Gasteiger partial charge in [0.1, 0.15) is 22.3 Å². The van der Waals surface area contributed by atoms with E-state index < -0.39 is 11.7 Å². The van der Waals surface area contributed by atoms with E-state index in [2.05, 4.69) is 20.6 Å². The first-order valence-electron chi connectivity index (χ1n) is 7.90. The molecule has 0 bridgehead atoms. The SMILES string of the molecule is CC(C)(C)OC(=O)NCCNc1nc(Cl)cc(Oc2ccc(F)cc2)n1. The Labute approximate surface area is 155 Å². The minimum atomic E-state index is -0.555. The van der Waals surface area contributed by atoms with Crippen LogP contribution in [-0.2, 0) is 4.74 Å². The normalized spacial score (nSPS) is 11.0. The summed E-state index contributed by atoms with van der Waals surface area (Å²) in [4.78, 5) is 19.7. The third-order valence-corrected chi connectivity index (χ3v) is 2.98. The van der Waals surface area contributed by atoms with Crippen LogP contribution >= 0.6 is 11.6 Å². The largest absolute Gasteiger partial charge is 0.444 e. The summed E-state index contributed by atoms with van der Waals surface area (Å²) in [6.45, 7) is 6.02. The molecule has 0 aliphatic heterocycles. The van der Waals surface area contributed by atoms with E-state index in [1.165, 1.54) is 30.3 Å². The molecule has 0 spiro atoms. The van der Waals surface area contributed by atoms with Gasteiger partial charge >= 0.3 is 6.09 Å². The molecule has 0 saturated heterocycles. The van der Waals surface area contributed by atoms with Crippen LogP contribution in [-0.4, -0.2) is 34.8 Å². The molecule has 0 fully saturated rings. The van der Waals surface area contributed by atoms with Crippen LogP contribution < -0.4 is 15.4 Å². The van der Waals surface area contributed by atoms with E-state index in [9.17, 15) is 9.18 Å². The number of nitrogens with zero attached hydrogens (tertiary/aromatic N) is 2. The molecule has 1 heterocycles. The van der Waals surface area contributed by atoms with Gasteiger partial charge in [0.2, 0.25) is 11.8 Å². The second-order valence-corrected chi connectivity index (χ2v) is 6.65. The summed E-state index contributed by atoms with van der Waals surface area (Å²) in [5.41, 5.74) is -0.555. The van der Waals surface area contributed by atoms with Gasteiger partial charge in [-0.2, -0.15) is 4.98 Å². The van der Waals surface area contributed by atoms with E-state index in [1.54, 1.807) is 20.8 Å². The van der Waals surface area contributed by atoms with Gasteiger partial charge in [-0.25, -0.2) is 14.2 Å². The second kappa shape index (κ2) is 8.66. The van der Waals surface area contributed by atoms with E-state index in [-0.39, 0.29) is 22.8 Å². The fourth-order valence-electron chi connectivity index (χ4n) is 1.80. The quantitative estimate of drug-likeness (QED) is 0.580. The van der Waals surface area contributed by atoms with Crippen LogP contribution in [0.25, 0.3) is 0 Å². The molecule has 0 radical (unpaired) electrons. The number of amides is 1. The van der Waals surface area contributed by atoms with Gasteiger partial charge in [-0.15, -0.1) is 0 Å². The molecule has 2 N–H and O–H groups in total. The monoisotopic (exact) mass is 382 g/mol. The number of aromatic nitrogens is 2. The van der Waals surface area contributed by atoms with Crippen LogP contribution in [0.15, 0.2) is 30.3 Å². The maximum Gasteiger partial charge on any atom is 0.407 e. The molecular formula is C17H20ClFN4O3. The Balaban J connectivity index is 1.87. The molecule has 0 aliphatic carbocycles. The van der Waals surface area contributed by atoms with Crippen molar-refractivity contribution < 1.29 is 18.7 Å². The summed E-state index contributed by atoms with van der Waals surface area (Å²) in [7, 11) is 0. The van der Waals surface area contributed by atoms with Crippen LogP contribution in [0.4, 0.5) is 15.1 Å². The van der Waals surface area contributed by atoms with Crippen molar-refractivity contribution in [1.82, 2.24) is 15.3 Å². The lowest BCUT2D eigenvalue weighted by atomic mass is 10.2. The van der Waals surface area contributed by atoms with Crippen molar-refractivity contribution in [1.29, 1.82) is 0 Å². The molecule has 2 rings (SSSR count). The number of carbonyl (C=O) groups excluding carboxylic acids is 1. The first-order valence-corrected chi connectivity index (χ1v) is 8.28. The fraction of sp³-hybridized carbons (Fsp3) is 0.353. The summed E-state index contributed by atoms with van der Waals surface area (Å²) in [6, 6.07) is 6.95. The summed E-state index contributed by atoms with van der Waals surface area (Å²) in [5, 5.41) is 5.71. The third kappa shape index (κ3) is 7.10. The van der Waals surface area contributed by atoms with Crippen molar-refractivity contribution in [3.05, 3.63) is 41.3 Å². The molecule has 1 aromatic heterocycles. The number of rotatable bonds is 6. The molecule has 1 amide bonds. The molecule has 0 aliphatic rings. The zero-order valence-corrected chi connectivity index (χ0v) is 15.4. The molecule has 0 atom stereocenters. The van der Waals surface area contributed by atoms with Crippen LogP contribution in [0, 0.1) is 5.82 Å². The van der Waals surface area contributed by atoms with Crippen molar-refractivity contribution >= 4 is 23.6 Å². The summed E-state index contributed by atoms with van der Waals surface area (Å²) < 4.78 is 23.6. The molecule has 0 unspecified atom stereocenters. The van der Waals surface area contributed by atoms with Gasteiger partial charge in [-0.1, -0.05) is 11.6 Å². The van der Waals surface area contributed by atoms with Crippen LogP contribution in [0.1, 0.15) is 20.8 Å². The number of carbonyl (C=O) groups is 1. The maximum absolute atomic E-state index is 12.9. The van der Waals surface area contributed by atoms with Gasteiger partial charge in [0.05, 0.1) is 0 Å². The Bertz CT molecular complexity index is 751. The topological polar surface area (TPSA) is 85.4 Å². The predicted molar refractivity (Wildman–Crippen MR) is 96.2 cm³/mol. The van der Waals surface area contributed by atoms with E-state index in [0.717, 1.165) is 0 Å². The van der Waals surface area contributed by atoms with Gasteiger partial charge < -0.3 is 20.1 Å². The highest BCUT2D eigenvalue weighted by atomic mass is 35.5. The number of anilines is 1. The lowest BCUT2D eigenvalue weighted by molar-refractivity contribution is 0.0530. The number of alkyl carbamates (subject to hydrolysis) is 1. The Kier molecular flexibility index (Phi) is 6.57. The average molecular weight is 383 g/mol. The zero-order valence-electron chi connectivity index (χ0n) is 14.7. The van der Waals surface area contributed by atoms with E-state index in [1.807, 2.05) is 0 Å². The standard InChI is InChI=1S/C17H20ClFN4O3/c1-17(2,3)26-16(24)21-9-8-20-15-22-13(18)10-14(23-15)25-12-6-4-11(19)5-7-12/h4-7,10H,8-9H2,1-3H3,(H,21,24)(H,20,22,23). The Hall–Kier alpha value is -2.61. The molecule has 7 nitrogen and oxygen atoms in total. The number of nitrogens with one attached hydrogen (secondary N) is 2. The van der Waals surface area contributed by atoms with Crippen LogP contribution in [0.3, 0.4) is 0 Å². The van der Waals surface area contributed by atoms with Crippen molar-refractivity contribution in [2.24, 2.45) is 0 Å². The molecule has 0 saturated carbocycles. The maximum atomic E-state index is 12.9. The van der Waals surface area contributed by atoms with Crippen molar-refractivity contribution in [2.45, 2.75) is 26.4 Å². The minimum absolute atomic E-state index is 0.180. The van der Waals surface area contributed by atoms with E-state index in [0.29, 0.717) is 18.8 Å². The summed E-state index contributed by atoms with van der Waals surface area (Å²) in [5.74, 6) is 0.497. The smallest absolute Gasteiger partial charge is 0.407 e. The Morgan fingerprint density at radius 3 is 2.54 bits per heavy atom. The van der Waals surface area contributed by atoms with Gasteiger partial charge in [0, 0.05) is 19.2 Å². The van der Waals surface area contributed by atoms with Gasteiger partial charge in [0.25, 0.3) is 0 Å². The molecule has 2 aromatic rings. The highest BCUT2D eigenvalue weighted by Crippen LogP contribution is 2.23. The number of hydrogen-bond donors (Lipinski definition) is 2. The molecule has 140 valence electrons. The lowest BCUT2D eigenvalue weighted by Crippen LogP contribution is -2.35. The van der Waals surface area contributed by atoms with Gasteiger partial charge in [0.15, 0.2) is 0 Å². The Morgan fingerprint density at radius 1 is 1.19 bits per heavy atom. The first-order chi connectivity index (χ1) is 12.2. The van der Waals surface area contributed by atoms with Gasteiger partial charge in [-0.05, 0) is 45.0 Å². The van der Waals surface area contributed by atoms with Crippen molar-refractivity contribution in [3.8, 4) is 11.6 Å². The van der Waals surface area contributed by atoms with Crippen LogP contribution in [0.2, 0.25) is 5.15 Å². The van der Waals surface area contributed by atoms with Gasteiger partial charge in [-0.3, -0.25) is 0 Å². The highest BCUT2D eigenvalue weighted by molar-refractivity contribution is 6.29. The fourth-order valence-corrected chi connectivity index (χ4v) is 1.98. The number of halogens is 2. The molecule has 26 heavy (non-hydrogen) atoms. The lowest BCUT2D eigenvalue weighted by Gasteiger charge is -2.19. The molecule has 9 heteroatoms. The zero-order chi connectivity index (χ0) is 19.2. The Morgan fingerprint density at radius 2 is 1.88 bits per heavy atom.